The normalized spacial score (nSPS) is 22.4. The maximum absolute atomic E-state index is 11.0. The number of hydrogen-bond acceptors (Lipinski definition) is 3. The molecular formula is C14H17NO3. The number of rotatable bonds is 4. The smallest absolute Gasteiger partial charge is 0.317 e. The van der Waals surface area contributed by atoms with Crippen LogP contribution in [0.25, 0.3) is 0 Å². The highest BCUT2D eigenvalue weighted by Crippen LogP contribution is 2.41. The van der Waals surface area contributed by atoms with Crippen LogP contribution in [-0.4, -0.2) is 35.2 Å². The second-order valence-corrected chi connectivity index (χ2v) is 4.99. The van der Waals surface area contributed by atoms with Gasteiger partial charge in [0.1, 0.15) is 5.75 Å². The summed E-state index contributed by atoms with van der Waals surface area (Å²) in [6.07, 6.45) is 3.11. The monoisotopic (exact) mass is 247 g/mol. The molecule has 1 aliphatic heterocycles. The van der Waals surface area contributed by atoms with Crippen LogP contribution in [0.1, 0.15) is 30.9 Å². The molecule has 1 unspecified atom stereocenters. The van der Waals surface area contributed by atoms with Crippen molar-refractivity contribution in [1.82, 2.24) is 4.90 Å². The summed E-state index contributed by atoms with van der Waals surface area (Å²) < 4.78 is 5.63. The van der Waals surface area contributed by atoms with Gasteiger partial charge < -0.3 is 9.84 Å². The van der Waals surface area contributed by atoms with Crippen molar-refractivity contribution in [2.24, 2.45) is 0 Å². The predicted octanol–water partition coefficient (Wildman–Crippen LogP) is 2.06. The molecular weight excluding hydrogens is 230 g/mol. The molecule has 0 aromatic heterocycles. The molecule has 0 spiro atoms. The number of carboxylic acid groups (broad SMARTS) is 1. The summed E-state index contributed by atoms with van der Waals surface area (Å²) in [5, 5.41) is 9.07. The van der Waals surface area contributed by atoms with Crippen LogP contribution in [0.4, 0.5) is 0 Å². The summed E-state index contributed by atoms with van der Waals surface area (Å²) in [4.78, 5) is 13.2. The van der Waals surface area contributed by atoms with Crippen molar-refractivity contribution in [3.63, 3.8) is 0 Å². The number of nitrogens with zero attached hydrogens (tertiary/aromatic N) is 1. The van der Waals surface area contributed by atoms with Crippen LogP contribution in [0.5, 0.6) is 5.75 Å². The Morgan fingerprint density at radius 2 is 2.11 bits per heavy atom. The van der Waals surface area contributed by atoms with Gasteiger partial charge in [-0.1, -0.05) is 18.2 Å². The molecule has 3 rings (SSSR count). The van der Waals surface area contributed by atoms with E-state index in [0.29, 0.717) is 12.6 Å². The number of ether oxygens (including phenoxy) is 1. The third-order valence-electron chi connectivity index (χ3n) is 3.66. The van der Waals surface area contributed by atoms with Gasteiger partial charge in [0.2, 0.25) is 0 Å². The number of carbonyl (C=O) groups is 1. The van der Waals surface area contributed by atoms with Crippen molar-refractivity contribution in [1.29, 1.82) is 0 Å². The average molecular weight is 247 g/mol. The number of hydrogen-bond donors (Lipinski definition) is 1. The molecule has 1 fully saturated rings. The Kier molecular flexibility index (Phi) is 2.96. The lowest BCUT2D eigenvalue weighted by molar-refractivity contribution is -0.139. The fourth-order valence-corrected chi connectivity index (χ4v) is 2.72. The Morgan fingerprint density at radius 3 is 2.83 bits per heavy atom. The Hall–Kier alpha value is -1.55. The molecule has 0 radical (unpaired) electrons. The molecule has 1 saturated carbocycles. The van der Waals surface area contributed by atoms with E-state index in [1.165, 1.54) is 0 Å². The van der Waals surface area contributed by atoms with Crippen LogP contribution < -0.4 is 4.74 Å². The van der Waals surface area contributed by atoms with Crippen molar-refractivity contribution in [3.05, 3.63) is 29.8 Å². The third kappa shape index (κ3) is 2.20. The minimum absolute atomic E-state index is 0.129. The summed E-state index contributed by atoms with van der Waals surface area (Å²) in [6, 6.07) is 8.60. The van der Waals surface area contributed by atoms with E-state index in [-0.39, 0.29) is 12.6 Å². The van der Waals surface area contributed by atoms with Crippen molar-refractivity contribution in [3.8, 4) is 5.75 Å². The molecule has 0 amide bonds. The number of fused-ring (bicyclic) bond motifs is 1. The first-order valence-corrected chi connectivity index (χ1v) is 6.45. The van der Waals surface area contributed by atoms with Gasteiger partial charge >= 0.3 is 5.97 Å². The maximum Gasteiger partial charge on any atom is 0.317 e. The van der Waals surface area contributed by atoms with Crippen molar-refractivity contribution in [2.45, 2.75) is 31.3 Å². The minimum atomic E-state index is -0.745. The number of benzene rings is 1. The predicted molar refractivity (Wildman–Crippen MR) is 66.7 cm³/mol. The first kappa shape index (κ1) is 11.5. The molecule has 1 heterocycles. The van der Waals surface area contributed by atoms with E-state index in [4.69, 9.17) is 9.84 Å². The Bertz CT molecular complexity index is 456. The SMILES string of the molecule is O=C(O)CN(C1CC1)C1CCOc2ccccc21. The van der Waals surface area contributed by atoms with Crippen LogP contribution in [0.2, 0.25) is 0 Å². The van der Waals surface area contributed by atoms with Gasteiger partial charge in [0, 0.05) is 24.1 Å². The standard InChI is InChI=1S/C14H17NO3/c16-14(17)9-15(10-5-6-10)12-7-8-18-13-4-2-1-3-11(12)13/h1-4,10,12H,5-9H2,(H,16,17). The van der Waals surface area contributed by atoms with Gasteiger partial charge in [0.25, 0.3) is 0 Å². The fourth-order valence-electron chi connectivity index (χ4n) is 2.72. The van der Waals surface area contributed by atoms with Gasteiger partial charge in [0.05, 0.1) is 13.2 Å². The highest BCUT2D eigenvalue weighted by Gasteiger charge is 2.37. The van der Waals surface area contributed by atoms with E-state index < -0.39 is 5.97 Å². The summed E-state index contributed by atoms with van der Waals surface area (Å²) in [5.74, 6) is 0.163. The number of carboxylic acids is 1. The molecule has 96 valence electrons. The number of para-hydroxylation sites is 1. The minimum Gasteiger partial charge on any atom is -0.493 e. The van der Waals surface area contributed by atoms with E-state index in [1.54, 1.807) is 0 Å². The van der Waals surface area contributed by atoms with Crippen molar-refractivity contribution in [2.75, 3.05) is 13.2 Å². The summed E-state index contributed by atoms with van der Waals surface area (Å²) in [7, 11) is 0. The van der Waals surface area contributed by atoms with E-state index in [1.807, 2.05) is 18.2 Å². The van der Waals surface area contributed by atoms with Gasteiger partial charge in [-0.05, 0) is 18.9 Å². The molecule has 1 aliphatic carbocycles. The maximum atomic E-state index is 11.0. The molecule has 0 bridgehead atoms. The van der Waals surface area contributed by atoms with E-state index in [2.05, 4.69) is 11.0 Å². The lowest BCUT2D eigenvalue weighted by Gasteiger charge is -2.34. The molecule has 1 aromatic rings. The molecule has 1 N–H and O–H groups in total. The summed E-state index contributed by atoms with van der Waals surface area (Å²) >= 11 is 0. The van der Waals surface area contributed by atoms with Crippen LogP contribution in [0, 0.1) is 0 Å². The molecule has 4 heteroatoms. The zero-order valence-electron chi connectivity index (χ0n) is 10.2. The molecule has 4 nitrogen and oxygen atoms in total. The van der Waals surface area contributed by atoms with Gasteiger partial charge in [-0.25, -0.2) is 0 Å². The van der Waals surface area contributed by atoms with Crippen LogP contribution in [0.15, 0.2) is 24.3 Å². The largest absolute Gasteiger partial charge is 0.493 e. The summed E-state index contributed by atoms with van der Waals surface area (Å²) in [5.41, 5.74) is 1.14. The fraction of sp³-hybridized carbons (Fsp3) is 0.500. The average Bonchev–Trinajstić information content (AvgIpc) is 3.19. The van der Waals surface area contributed by atoms with Gasteiger partial charge in [-0.3, -0.25) is 9.69 Å². The van der Waals surface area contributed by atoms with Gasteiger partial charge in [0.15, 0.2) is 0 Å². The highest BCUT2D eigenvalue weighted by molar-refractivity contribution is 5.69. The molecule has 0 saturated heterocycles. The highest BCUT2D eigenvalue weighted by atomic mass is 16.5. The molecule has 2 aliphatic rings. The first-order valence-electron chi connectivity index (χ1n) is 6.45. The Labute approximate surface area is 106 Å². The van der Waals surface area contributed by atoms with Crippen molar-refractivity contribution < 1.29 is 14.6 Å². The Morgan fingerprint density at radius 1 is 1.33 bits per heavy atom. The zero-order chi connectivity index (χ0) is 12.5. The second kappa shape index (κ2) is 4.61. The molecule has 18 heavy (non-hydrogen) atoms. The molecule has 1 aromatic carbocycles. The topological polar surface area (TPSA) is 49.8 Å². The second-order valence-electron chi connectivity index (χ2n) is 4.99. The zero-order valence-corrected chi connectivity index (χ0v) is 10.2. The van der Waals surface area contributed by atoms with E-state index in [9.17, 15) is 4.79 Å². The van der Waals surface area contributed by atoms with Crippen molar-refractivity contribution >= 4 is 5.97 Å². The van der Waals surface area contributed by atoms with Crippen LogP contribution >= 0.6 is 0 Å². The first-order chi connectivity index (χ1) is 8.75. The summed E-state index contributed by atoms with van der Waals surface area (Å²) in [6.45, 7) is 0.800. The van der Waals surface area contributed by atoms with Crippen LogP contribution in [-0.2, 0) is 4.79 Å². The van der Waals surface area contributed by atoms with Gasteiger partial charge in [-0.15, -0.1) is 0 Å². The third-order valence-corrected chi connectivity index (χ3v) is 3.66. The van der Waals surface area contributed by atoms with E-state index in [0.717, 1.165) is 30.6 Å². The Balaban J connectivity index is 1.88. The quantitative estimate of drug-likeness (QED) is 0.884. The lowest BCUT2D eigenvalue weighted by Crippen LogP contribution is -2.37. The van der Waals surface area contributed by atoms with Gasteiger partial charge in [-0.2, -0.15) is 0 Å². The molecule has 1 atom stereocenters. The van der Waals surface area contributed by atoms with Crippen LogP contribution in [0.3, 0.4) is 0 Å². The lowest BCUT2D eigenvalue weighted by atomic mass is 9.98. The van der Waals surface area contributed by atoms with E-state index >= 15 is 0 Å². The number of aliphatic carboxylic acids is 1.